The van der Waals surface area contributed by atoms with Crippen molar-refractivity contribution in [2.75, 3.05) is 19.0 Å². The summed E-state index contributed by atoms with van der Waals surface area (Å²) >= 11 is 0. The zero-order chi connectivity index (χ0) is 22.9. The Morgan fingerprint density at radius 2 is 1.94 bits per heavy atom. The van der Waals surface area contributed by atoms with Gasteiger partial charge in [0.15, 0.2) is 0 Å². The van der Waals surface area contributed by atoms with Crippen LogP contribution in [0.2, 0.25) is 0 Å². The van der Waals surface area contributed by atoms with Crippen molar-refractivity contribution in [1.82, 2.24) is 14.3 Å². The lowest BCUT2D eigenvalue weighted by Gasteiger charge is -2.28. The number of hydrogen-bond acceptors (Lipinski definition) is 5. The Hall–Kier alpha value is -3.13. The van der Waals surface area contributed by atoms with Gasteiger partial charge in [-0.2, -0.15) is 5.10 Å². The van der Waals surface area contributed by atoms with E-state index in [1.54, 1.807) is 35.0 Å². The van der Waals surface area contributed by atoms with Gasteiger partial charge in [0.25, 0.3) is 11.5 Å². The summed E-state index contributed by atoms with van der Waals surface area (Å²) < 4.78 is 9.19. The zero-order valence-electron chi connectivity index (χ0n) is 18.9. The number of rotatable bonds is 7. The van der Waals surface area contributed by atoms with Crippen LogP contribution in [0.4, 0.5) is 5.69 Å². The fourth-order valence-corrected chi connectivity index (χ4v) is 4.92. The van der Waals surface area contributed by atoms with Crippen molar-refractivity contribution in [2.45, 2.75) is 57.0 Å². The normalized spacial score (nSPS) is 20.7. The first-order valence-electron chi connectivity index (χ1n) is 11.8. The van der Waals surface area contributed by atoms with Crippen LogP contribution in [0.25, 0.3) is 10.9 Å². The summed E-state index contributed by atoms with van der Waals surface area (Å²) in [5, 5.41) is 17.6. The monoisotopic (exact) mass is 450 g/mol. The topological polar surface area (TPSA) is 98.4 Å². The van der Waals surface area contributed by atoms with Crippen molar-refractivity contribution < 1.29 is 14.6 Å². The Morgan fingerprint density at radius 3 is 2.64 bits per heavy atom. The van der Waals surface area contributed by atoms with Crippen LogP contribution in [0.3, 0.4) is 0 Å². The van der Waals surface area contributed by atoms with Gasteiger partial charge in [-0.25, -0.2) is 0 Å². The molecule has 2 N–H and O–H groups in total. The molecule has 3 aromatic rings. The molecule has 2 fully saturated rings. The molecule has 2 heterocycles. The number of fused-ring (bicyclic) bond motifs is 1. The zero-order valence-corrected chi connectivity index (χ0v) is 18.9. The minimum Gasteiger partial charge on any atom is -0.496 e. The average molecular weight is 451 g/mol. The molecule has 0 aliphatic heterocycles. The summed E-state index contributed by atoms with van der Waals surface area (Å²) in [5.41, 5.74) is 1.24. The molecular formula is C25H30N4O4. The molecule has 1 aromatic carbocycles. The van der Waals surface area contributed by atoms with Crippen LogP contribution in [-0.2, 0) is 0 Å². The SMILES string of the molecule is COc1cc2nn(C3CCC(CCO)CC3)cc2cc1C(=O)Nc1cccn(C2CC2)c1=O. The summed E-state index contributed by atoms with van der Waals surface area (Å²) in [4.78, 5) is 25.8. The second kappa shape index (κ2) is 9.02. The highest BCUT2D eigenvalue weighted by atomic mass is 16.5. The fourth-order valence-electron chi connectivity index (χ4n) is 4.92. The van der Waals surface area contributed by atoms with Gasteiger partial charge in [-0.1, -0.05) is 0 Å². The molecule has 0 unspecified atom stereocenters. The van der Waals surface area contributed by atoms with Gasteiger partial charge >= 0.3 is 0 Å². The number of aliphatic hydroxyl groups is 1. The van der Waals surface area contributed by atoms with Gasteiger partial charge in [0.2, 0.25) is 0 Å². The highest BCUT2D eigenvalue weighted by molar-refractivity contribution is 6.08. The fraction of sp³-hybridized carbons (Fsp3) is 0.480. The predicted molar refractivity (Wildman–Crippen MR) is 126 cm³/mol. The van der Waals surface area contributed by atoms with E-state index >= 15 is 0 Å². The standard InChI is InChI=1S/C25H30N4O4/c1-33-23-14-22-17(15-29(27-22)19-6-4-16(5-7-19)10-12-30)13-20(23)24(31)26-21-3-2-11-28(25(21)32)18-8-9-18/h2-3,11,13-16,18-19,30H,4-10,12H2,1H3,(H,26,31). The molecule has 2 saturated carbocycles. The Kier molecular flexibility index (Phi) is 5.93. The number of pyridine rings is 1. The predicted octanol–water partition coefficient (Wildman–Crippen LogP) is 3.91. The first-order chi connectivity index (χ1) is 16.1. The number of amides is 1. The smallest absolute Gasteiger partial charge is 0.274 e. The Balaban J connectivity index is 1.39. The molecule has 5 rings (SSSR count). The van der Waals surface area contributed by atoms with Gasteiger partial charge in [-0.05, 0) is 69.1 Å². The number of hydrogen-bond donors (Lipinski definition) is 2. The summed E-state index contributed by atoms with van der Waals surface area (Å²) in [7, 11) is 1.53. The van der Waals surface area contributed by atoms with E-state index in [9.17, 15) is 14.7 Å². The summed E-state index contributed by atoms with van der Waals surface area (Å²) in [6.45, 7) is 0.253. The van der Waals surface area contributed by atoms with Crippen LogP contribution in [0.5, 0.6) is 5.75 Å². The van der Waals surface area contributed by atoms with E-state index in [0.29, 0.717) is 23.3 Å². The second-order valence-corrected chi connectivity index (χ2v) is 9.23. The van der Waals surface area contributed by atoms with Crippen LogP contribution in [0.1, 0.15) is 67.4 Å². The molecule has 0 saturated heterocycles. The summed E-state index contributed by atoms with van der Waals surface area (Å²) in [6.07, 6.45) is 10.9. The van der Waals surface area contributed by atoms with Crippen molar-refractivity contribution in [3.63, 3.8) is 0 Å². The second-order valence-electron chi connectivity index (χ2n) is 9.23. The third-order valence-corrected chi connectivity index (χ3v) is 6.98. The van der Waals surface area contributed by atoms with Gasteiger partial charge < -0.3 is 19.7 Å². The molecular weight excluding hydrogens is 420 g/mol. The number of nitrogens with zero attached hydrogens (tertiary/aromatic N) is 3. The number of ether oxygens (including phenoxy) is 1. The van der Waals surface area contributed by atoms with E-state index < -0.39 is 0 Å². The molecule has 2 aromatic heterocycles. The Bertz CT molecular complexity index is 1220. The molecule has 8 nitrogen and oxygen atoms in total. The molecule has 0 atom stereocenters. The van der Waals surface area contributed by atoms with E-state index in [-0.39, 0.29) is 29.8 Å². The van der Waals surface area contributed by atoms with Gasteiger partial charge in [-0.15, -0.1) is 0 Å². The van der Waals surface area contributed by atoms with Crippen LogP contribution in [-0.4, -0.2) is 39.1 Å². The number of nitrogens with one attached hydrogen (secondary N) is 1. The molecule has 0 spiro atoms. The third kappa shape index (κ3) is 4.39. The van der Waals surface area contributed by atoms with Gasteiger partial charge in [0.05, 0.1) is 24.2 Å². The Morgan fingerprint density at radius 1 is 1.18 bits per heavy atom. The molecule has 1 amide bonds. The van der Waals surface area contributed by atoms with Crippen LogP contribution in [0.15, 0.2) is 41.5 Å². The van der Waals surface area contributed by atoms with E-state index in [2.05, 4.69) is 5.32 Å². The number of aliphatic hydroxyl groups excluding tert-OH is 1. The molecule has 33 heavy (non-hydrogen) atoms. The van der Waals surface area contributed by atoms with Crippen LogP contribution < -0.4 is 15.6 Å². The van der Waals surface area contributed by atoms with Crippen molar-refractivity contribution in [2.24, 2.45) is 5.92 Å². The molecule has 0 radical (unpaired) electrons. The number of carbonyl (C=O) groups excluding carboxylic acids is 1. The first-order valence-corrected chi connectivity index (χ1v) is 11.8. The van der Waals surface area contributed by atoms with E-state index in [4.69, 9.17) is 9.84 Å². The van der Waals surface area contributed by atoms with E-state index in [1.165, 1.54) is 7.11 Å². The number of methoxy groups -OCH3 is 1. The minimum atomic E-state index is -0.378. The lowest BCUT2D eigenvalue weighted by molar-refractivity contribution is 0.102. The van der Waals surface area contributed by atoms with Gasteiger partial charge in [-0.3, -0.25) is 14.3 Å². The van der Waals surface area contributed by atoms with E-state index in [0.717, 1.165) is 55.8 Å². The first kappa shape index (κ1) is 21.7. The van der Waals surface area contributed by atoms with E-state index in [1.807, 2.05) is 10.9 Å². The largest absolute Gasteiger partial charge is 0.496 e. The number of aromatic nitrogens is 3. The van der Waals surface area contributed by atoms with Crippen molar-refractivity contribution >= 4 is 22.5 Å². The van der Waals surface area contributed by atoms with Gasteiger partial charge in [0, 0.05) is 36.5 Å². The highest BCUT2D eigenvalue weighted by Gasteiger charge is 2.26. The summed E-state index contributed by atoms with van der Waals surface area (Å²) in [5.74, 6) is 0.640. The number of anilines is 1. The number of benzene rings is 1. The minimum absolute atomic E-state index is 0.182. The van der Waals surface area contributed by atoms with Crippen molar-refractivity contribution in [3.05, 3.63) is 52.6 Å². The maximum atomic E-state index is 13.1. The lowest BCUT2D eigenvalue weighted by Crippen LogP contribution is -2.25. The summed E-state index contributed by atoms with van der Waals surface area (Å²) in [6, 6.07) is 7.55. The highest BCUT2D eigenvalue weighted by Crippen LogP contribution is 2.35. The third-order valence-electron chi connectivity index (χ3n) is 6.98. The van der Waals surface area contributed by atoms with Crippen LogP contribution in [0, 0.1) is 5.92 Å². The molecule has 2 aliphatic rings. The van der Waals surface area contributed by atoms with Crippen molar-refractivity contribution in [1.29, 1.82) is 0 Å². The molecule has 8 heteroatoms. The molecule has 174 valence electrons. The maximum absolute atomic E-state index is 13.1. The molecule has 0 bridgehead atoms. The number of carbonyl (C=O) groups is 1. The van der Waals surface area contributed by atoms with Crippen molar-refractivity contribution in [3.8, 4) is 5.75 Å². The van der Waals surface area contributed by atoms with Crippen LogP contribution >= 0.6 is 0 Å². The average Bonchev–Trinajstić information content (AvgIpc) is 3.58. The molecule has 2 aliphatic carbocycles. The van der Waals surface area contributed by atoms with Gasteiger partial charge in [0.1, 0.15) is 11.4 Å². The maximum Gasteiger partial charge on any atom is 0.274 e. The quantitative estimate of drug-likeness (QED) is 0.569. The lowest BCUT2D eigenvalue weighted by atomic mass is 9.84. The Labute approximate surface area is 192 Å².